The number of hydrogen-bond acceptors (Lipinski definition) is 5. The minimum absolute atomic E-state index is 0.0552. The number of hydrogen-bond donors (Lipinski definition) is 1. The Morgan fingerprint density at radius 1 is 1.31 bits per heavy atom. The average molecular weight is 408 g/mol. The van der Waals surface area contributed by atoms with Gasteiger partial charge in [0.05, 0.1) is 23.6 Å². The van der Waals surface area contributed by atoms with E-state index < -0.39 is 12.2 Å². The minimum Gasteiger partial charge on any atom is -0.367 e. The van der Waals surface area contributed by atoms with Crippen molar-refractivity contribution in [2.24, 2.45) is 0 Å². The maximum Gasteiger partial charge on any atom is 0.410 e. The molecule has 0 radical (unpaired) electrons. The molecule has 2 aliphatic rings. The first-order chi connectivity index (χ1) is 13.8. The number of halogens is 3. The summed E-state index contributed by atoms with van der Waals surface area (Å²) in [5, 5.41) is 7.44. The lowest BCUT2D eigenvalue weighted by molar-refractivity contribution is -0.173. The van der Waals surface area contributed by atoms with Gasteiger partial charge in [0, 0.05) is 24.8 Å². The molecule has 29 heavy (non-hydrogen) atoms. The number of fused-ring (bicyclic) bond motifs is 1. The molecule has 1 N–H and O–H groups in total. The lowest BCUT2D eigenvalue weighted by Crippen LogP contribution is -2.39. The summed E-state index contributed by atoms with van der Waals surface area (Å²) in [6, 6.07) is -0.647. The van der Waals surface area contributed by atoms with E-state index in [1.165, 1.54) is 12.4 Å². The van der Waals surface area contributed by atoms with E-state index in [1.54, 1.807) is 17.9 Å². The second-order valence-corrected chi connectivity index (χ2v) is 7.64. The van der Waals surface area contributed by atoms with E-state index >= 15 is 0 Å². The van der Waals surface area contributed by atoms with Gasteiger partial charge in [-0.3, -0.25) is 9.78 Å². The van der Waals surface area contributed by atoms with Crippen LogP contribution in [0.1, 0.15) is 66.6 Å². The van der Waals surface area contributed by atoms with Gasteiger partial charge in [0.1, 0.15) is 11.5 Å². The largest absolute Gasteiger partial charge is 0.410 e. The Hall–Kier alpha value is -2.65. The molecular weight excluding hydrogens is 385 g/mol. The molecule has 2 aromatic heterocycles. The van der Waals surface area contributed by atoms with E-state index in [2.05, 4.69) is 20.4 Å². The van der Waals surface area contributed by atoms with Crippen molar-refractivity contribution in [3.8, 4) is 0 Å². The Kier molecular flexibility index (Phi) is 4.95. The lowest BCUT2D eigenvalue weighted by atomic mass is 10.0. The molecule has 0 spiro atoms. The average Bonchev–Trinajstić information content (AvgIpc) is 3.32. The molecule has 2 aliphatic heterocycles. The SMILES string of the molecule is CC[C@@H]1C[C@H](C(F)(F)F)n2nc([C@@H]3CCCN3C(=O)c3cnc(C)cn3)cc2N1. The first-order valence-electron chi connectivity index (χ1n) is 9.80. The topological polar surface area (TPSA) is 75.9 Å². The van der Waals surface area contributed by atoms with Crippen molar-refractivity contribution in [1.82, 2.24) is 24.6 Å². The fourth-order valence-corrected chi connectivity index (χ4v) is 4.07. The molecule has 10 heteroatoms. The van der Waals surface area contributed by atoms with E-state index in [4.69, 9.17) is 0 Å². The number of aryl methyl sites for hydroxylation is 1. The molecule has 4 rings (SSSR count). The van der Waals surface area contributed by atoms with Crippen LogP contribution in [0.4, 0.5) is 19.0 Å². The van der Waals surface area contributed by atoms with E-state index in [-0.39, 0.29) is 30.1 Å². The van der Waals surface area contributed by atoms with Gasteiger partial charge in [0.25, 0.3) is 5.91 Å². The molecule has 0 aliphatic carbocycles. The van der Waals surface area contributed by atoms with Crippen molar-refractivity contribution >= 4 is 11.7 Å². The van der Waals surface area contributed by atoms with Crippen LogP contribution < -0.4 is 5.32 Å². The van der Waals surface area contributed by atoms with E-state index in [9.17, 15) is 18.0 Å². The van der Waals surface area contributed by atoms with Crippen molar-refractivity contribution in [1.29, 1.82) is 0 Å². The summed E-state index contributed by atoms with van der Waals surface area (Å²) in [5.41, 5.74) is 1.41. The van der Waals surface area contributed by atoms with Crippen LogP contribution in [0.5, 0.6) is 0 Å². The van der Waals surface area contributed by atoms with Gasteiger partial charge in [-0.15, -0.1) is 0 Å². The molecule has 156 valence electrons. The third-order valence-electron chi connectivity index (χ3n) is 5.64. The van der Waals surface area contributed by atoms with Crippen LogP contribution in [0.2, 0.25) is 0 Å². The molecule has 0 aromatic carbocycles. The van der Waals surface area contributed by atoms with E-state index in [1.807, 2.05) is 6.92 Å². The molecular formula is C19H23F3N6O. The van der Waals surface area contributed by atoms with Gasteiger partial charge >= 0.3 is 6.18 Å². The van der Waals surface area contributed by atoms with Gasteiger partial charge in [-0.1, -0.05) is 6.92 Å². The number of likely N-dealkylation sites (tertiary alicyclic amines) is 1. The van der Waals surface area contributed by atoms with Crippen molar-refractivity contribution in [3.63, 3.8) is 0 Å². The molecule has 7 nitrogen and oxygen atoms in total. The van der Waals surface area contributed by atoms with Gasteiger partial charge in [0.2, 0.25) is 0 Å². The number of anilines is 1. The van der Waals surface area contributed by atoms with Crippen LogP contribution in [0.25, 0.3) is 0 Å². The number of rotatable bonds is 3. The van der Waals surface area contributed by atoms with Gasteiger partial charge < -0.3 is 10.2 Å². The fourth-order valence-electron chi connectivity index (χ4n) is 4.07. The van der Waals surface area contributed by atoms with Gasteiger partial charge in [-0.05, 0) is 32.6 Å². The van der Waals surface area contributed by atoms with Gasteiger partial charge in [-0.25, -0.2) is 9.67 Å². The highest BCUT2D eigenvalue weighted by molar-refractivity contribution is 5.92. The molecule has 4 heterocycles. The maximum absolute atomic E-state index is 13.6. The predicted molar refractivity (Wildman–Crippen MR) is 99.4 cm³/mol. The standard InChI is InChI=1S/C19H23F3N6O/c1-3-12-7-16(19(20,21)22)28-17(25-12)8-13(26-28)15-5-4-6-27(15)18(29)14-10-23-11(2)9-24-14/h8-10,12,15-16,25H,3-7H2,1-2H3/t12-,15+,16-/m1/s1. The van der Waals surface area contributed by atoms with Crippen molar-refractivity contribution in [2.45, 2.75) is 63.8 Å². The molecule has 1 amide bonds. The summed E-state index contributed by atoms with van der Waals surface area (Å²) >= 11 is 0. The van der Waals surface area contributed by atoms with Gasteiger partial charge in [0.15, 0.2) is 6.04 Å². The zero-order valence-corrected chi connectivity index (χ0v) is 16.3. The predicted octanol–water partition coefficient (Wildman–Crippen LogP) is 3.66. The van der Waals surface area contributed by atoms with Crippen LogP contribution in [0, 0.1) is 6.92 Å². The zero-order valence-electron chi connectivity index (χ0n) is 16.3. The lowest BCUT2D eigenvalue weighted by Gasteiger charge is -2.32. The van der Waals surface area contributed by atoms with Crippen molar-refractivity contribution in [3.05, 3.63) is 35.5 Å². The zero-order chi connectivity index (χ0) is 20.8. The summed E-state index contributed by atoms with van der Waals surface area (Å²) < 4.78 is 41.9. The van der Waals surface area contributed by atoms with Crippen molar-refractivity contribution < 1.29 is 18.0 Å². The first kappa shape index (κ1) is 19.7. The summed E-state index contributed by atoms with van der Waals surface area (Å²) in [6.07, 6.45) is 0.513. The fraction of sp³-hybridized carbons (Fsp3) is 0.579. The Bertz CT molecular complexity index is 894. The van der Waals surface area contributed by atoms with E-state index in [0.29, 0.717) is 36.6 Å². The number of amides is 1. The van der Waals surface area contributed by atoms with Crippen LogP contribution in [0.3, 0.4) is 0 Å². The quantitative estimate of drug-likeness (QED) is 0.839. The number of aromatic nitrogens is 4. The number of alkyl halides is 3. The number of nitrogens with one attached hydrogen (secondary N) is 1. The monoisotopic (exact) mass is 408 g/mol. The molecule has 3 atom stereocenters. The smallest absolute Gasteiger partial charge is 0.367 e. The first-order valence-corrected chi connectivity index (χ1v) is 9.80. The normalized spacial score (nSPS) is 24.3. The van der Waals surface area contributed by atoms with Crippen LogP contribution in [-0.2, 0) is 0 Å². The molecule has 2 aromatic rings. The summed E-state index contributed by atoms with van der Waals surface area (Å²) in [7, 11) is 0. The number of nitrogens with zero attached hydrogens (tertiary/aromatic N) is 5. The highest BCUT2D eigenvalue weighted by Gasteiger charge is 2.46. The number of carbonyl (C=O) groups excluding carboxylic acids is 1. The molecule has 1 fully saturated rings. The summed E-state index contributed by atoms with van der Waals surface area (Å²) in [4.78, 5) is 22.8. The second kappa shape index (κ2) is 7.31. The molecule has 0 unspecified atom stereocenters. The molecule has 1 saturated heterocycles. The van der Waals surface area contributed by atoms with E-state index in [0.717, 1.165) is 11.1 Å². The second-order valence-electron chi connectivity index (χ2n) is 7.64. The van der Waals surface area contributed by atoms with Crippen molar-refractivity contribution in [2.75, 3.05) is 11.9 Å². The molecule has 0 bridgehead atoms. The highest BCUT2D eigenvalue weighted by atomic mass is 19.4. The number of carbonyl (C=O) groups is 1. The Morgan fingerprint density at radius 3 is 2.76 bits per heavy atom. The summed E-state index contributed by atoms with van der Waals surface area (Å²) in [5.74, 6) is 0.0765. The Morgan fingerprint density at radius 2 is 2.10 bits per heavy atom. The third-order valence-corrected chi connectivity index (χ3v) is 5.64. The molecule has 0 saturated carbocycles. The van der Waals surface area contributed by atoms with Crippen LogP contribution in [-0.4, -0.2) is 49.3 Å². The maximum atomic E-state index is 13.6. The Balaban J connectivity index is 1.64. The summed E-state index contributed by atoms with van der Waals surface area (Å²) in [6.45, 7) is 4.15. The minimum atomic E-state index is -4.38. The Labute approximate surface area is 166 Å². The van der Waals surface area contributed by atoms with Crippen LogP contribution >= 0.6 is 0 Å². The third kappa shape index (κ3) is 3.67. The van der Waals surface area contributed by atoms with Crippen LogP contribution in [0.15, 0.2) is 18.5 Å². The highest BCUT2D eigenvalue weighted by Crippen LogP contribution is 2.42. The van der Waals surface area contributed by atoms with Gasteiger partial charge in [-0.2, -0.15) is 18.3 Å².